The molecule has 13 heteroatoms. The Morgan fingerprint density at radius 1 is 1.12 bits per heavy atom. The predicted octanol–water partition coefficient (Wildman–Crippen LogP) is 0.0907. The van der Waals surface area contributed by atoms with Gasteiger partial charge >= 0.3 is 0 Å². The van der Waals surface area contributed by atoms with Crippen LogP contribution in [0.5, 0.6) is 0 Å². The maximum absolute atomic E-state index is 10.7. The van der Waals surface area contributed by atoms with Crippen molar-refractivity contribution >= 4 is 22.9 Å². The number of nitrogens with two attached hydrogens (primary N) is 1. The van der Waals surface area contributed by atoms with Crippen LogP contribution in [0.1, 0.15) is 29.6 Å². The van der Waals surface area contributed by atoms with Gasteiger partial charge in [-0.25, -0.2) is 4.98 Å². The zero-order valence-electron chi connectivity index (χ0n) is 18.3. The van der Waals surface area contributed by atoms with Gasteiger partial charge in [0.15, 0.2) is 29.6 Å². The highest BCUT2D eigenvalue weighted by molar-refractivity contribution is 5.83. The Morgan fingerprint density at radius 3 is 2.62 bits per heavy atom. The van der Waals surface area contributed by atoms with Crippen LogP contribution in [0, 0.1) is 6.92 Å². The van der Waals surface area contributed by atoms with Crippen LogP contribution in [0.25, 0.3) is 11.2 Å². The van der Waals surface area contributed by atoms with E-state index in [1.807, 2.05) is 30.3 Å². The number of rotatable bonds is 7. The van der Waals surface area contributed by atoms with E-state index in [0.717, 1.165) is 5.56 Å². The smallest absolute Gasteiger partial charge is 0.258 e. The molecule has 0 saturated carbocycles. The minimum atomic E-state index is -1.33. The molecule has 34 heavy (non-hydrogen) atoms. The summed E-state index contributed by atoms with van der Waals surface area (Å²) in [6.07, 6.45) is -2.68. The Bertz CT molecular complexity index is 1280. The lowest BCUT2D eigenvalue weighted by Crippen LogP contribution is -2.30. The summed E-state index contributed by atoms with van der Waals surface area (Å²) < 4.78 is 12.4. The maximum Gasteiger partial charge on any atom is 0.258 e. The molecule has 0 amide bonds. The lowest BCUT2D eigenvalue weighted by molar-refractivity contribution is -0.0451. The van der Waals surface area contributed by atoms with Crippen molar-refractivity contribution in [2.45, 2.75) is 37.9 Å². The van der Waals surface area contributed by atoms with Gasteiger partial charge in [-0.05, 0) is 18.9 Å². The molecule has 1 aliphatic rings. The Balaban J connectivity index is 1.45. The minimum Gasteiger partial charge on any atom is -0.387 e. The molecule has 4 atom stereocenters. The molecule has 0 unspecified atom stereocenters. The number of hydrogen-bond acceptors (Lipinski definition) is 12. The lowest BCUT2D eigenvalue weighted by atomic mass is 10.1. The molecule has 3 aromatic heterocycles. The lowest BCUT2D eigenvalue weighted by Gasteiger charge is -2.21. The molecule has 4 heterocycles. The van der Waals surface area contributed by atoms with Crippen LogP contribution in [-0.2, 0) is 11.2 Å². The average molecular weight is 468 g/mol. The number of aromatic nitrogens is 6. The summed E-state index contributed by atoms with van der Waals surface area (Å²) in [5.74, 6) is 0.732. The van der Waals surface area contributed by atoms with Crippen LogP contribution in [0.2, 0.25) is 0 Å². The van der Waals surface area contributed by atoms with E-state index in [4.69, 9.17) is 15.0 Å². The Hall–Kier alpha value is -3.65. The minimum absolute atomic E-state index is 0.0539. The van der Waals surface area contributed by atoms with Gasteiger partial charge in [0.2, 0.25) is 5.95 Å². The van der Waals surface area contributed by atoms with Gasteiger partial charge in [-0.3, -0.25) is 4.57 Å². The SMILES string of the molecule is Cc1noc([C@H]2O[C@@H](n3cnc4c(N)nc(N(CO)CCc5ccccc5)nc43)[C@H](O)[C@@H]2O)n1. The van der Waals surface area contributed by atoms with Crippen LogP contribution in [0.3, 0.4) is 0 Å². The normalized spacial score (nSPS) is 22.5. The number of aliphatic hydroxyl groups is 3. The van der Waals surface area contributed by atoms with E-state index in [0.29, 0.717) is 24.3 Å². The predicted molar refractivity (Wildman–Crippen MR) is 118 cm³/mol. The van der Waals surface area contributed by atoms with Crippen molar-refractivity contribution in [1.29, 1.82) is 0 Å². The van der Waals surface area contributed by atoms with Crippen LogP contribution >= 0.6 is 0 Å². The number of anilines is 2. The van der Waals surface area contributed by atoms with E-state index >= 15 is 0 Å². The van der Waals surface area contributed by atoms with Crippen molar-refractivity contribution in [3.05, 3.63) is 53.9 Å². The summed E-state index contributed by atoms with van der Waals surface area (Å²) >= 11 is 0. The molecule has 5 N–H and O–H groups in total. The molecule has 1 fully saturated rings. The zero-order chi connectivity index (χ0) is 23.8. The Kier molecular flexibility index (Phi) is 5.83. The largest absolute Gasteiger partial charge is 0.387 e. The van der Waals surface area contributed by atoms with Gasteiger partial charge in [0.05, 0.1) is 6.33 Å². The molecular formula is C21H24N8O5. The summed E-state index contributed by atoms with van der Waals surface area (Å²) in [7, 11) is 0. The molecule has 1 aliphatic heterocycles. The molecule has 0 bridgehead atoms. The molecule has 13 nitrogen and oxygen atoms in total. The standard InChI is InChI=1S/C21H24N8O5/c1-11-24-19(34-27-11)16-14(31)15(32)20(33-16)29-9-23-13-17(22)25-21(26-18(13)29)28(10-30)8-7-12-5-3-2-4-6-12/h2-6,9,14-16,20,30-32H,7-8,10H2,1H3,(H2,22,25,26)/t14-,15+,16-,20+/m0/s1. The second-order valence-corrected chi connectivity index (χ2v) is 7.98. The summed E-state index contributed by atoms with van der Waals surface area (Å²) in [5, 5.41) is 34.9. The number of aliphatic hydroxyl groups excluding tert-OH is 3. The van der Waals surface area contributed by atoms with Crippen molar-refractivity contribution in [3.63, 3.8) is 0 Å². The second kappa shape index (κ2) is 8.95. The highest BCUT2D eigenvalue weighted by Crippen LogP contribution is 2.39. The van der Waals surface area contributed by atoms with Crippen LogP contribution in [0.15, 0.2) is 41.2 Å². The highest BCUT2D eigenvalue weighted by atomic mass is 16.6. The third-order valence-corrected chi connectivity index (χ3v) is 5.70. The molecule has 0 aliphatic carbocycles. The monoisotopic (exact) mass is 468 g/mol. The fraction of sp³-hybridized carbons (Fsp3) is 0.381. The van der Waals surface area contributed by atoms with Crippen molar-refractivity contribution in [3.8, 4) is 0 Å². The molecule has 1 saturated heterocycles. The fourth-order valence-electron chi connectivity index (χ4n) is 3.92. The molecular weight excluding hydrogens is 444 g/mol. The van der Waals surface area contributed by atoms with E-state index in [-0.39, 0.29) is 30.0 Å². The molecule has 1 aromatic carbocycles. The summed E-state index contributed by atoms with van der Waals surface area (Å²) in [6.45, 7) is 1.75. The summed E-state index contributed by atoms with van der Waals surface area (Å²) in [6, 6.07) is 9.82. The van der Waals surface area contributed by atoms with Crippen LogP contribution < -0.4 is 10.6 Å². The number of aryl methyl sites for hydroxylation is 1. The molecule has 5 rings (SSSR count). The number of hydrogen-bond donors (Lipinski definition) is 4. The van der Waals surface area contributed by atoms with Crippen LogP contribution in [0.4, 0.5) is 11.8 Å². The van der Waals surface area contributed by atoms with Crippen molar-refractivity contribution in [1.82, 2.24) is 29.7 Å². The number of fused-ring (bicyclic) bond motifs is 1. The van der Waals surface area contributed by atoms with Crippen molar-refractivity contribution in [2.24, 2.45) is 0 Å². The van der Waals surface area contributed by atoms with Gasteiger partial charge < -0.3 is 35.2 Å². The molecule has 178 valence electrons. The van der Waals surface area contributed by atoms with Gasteiger partial charge in [-0.2, -0.15) is 15.0 Å². The molecule has 0 spiro atoms. The van der Waals surface area contributed by atoms with Gasteiger partial charge in [0.25, 0.3) is 5.89 Å². The number of nitrogens with zero attached hydrogens (tertiary/aromatic N) is 7. The van der Waals surface area contributed by atoms with Gasteiger partial charge in [-0.1, -0.05) is 35.5 Å². The van der Waals surface area contributed by atoms with E-state index in [2.05, 4.69) is 25.1 Å². The molecule has 0 radical (unpaired) electrons. The quantitative estimate of drug-likeness (QED) is 0.269. The summed E-state index contributed by atoms with van der Waals surface area (Å²) in [4.78, 5) is 18.7. The topological polar surface area (TPSA) is 182 Å². The summed E-state index contributed by atoms with van der Waals surface area (Å²) in [5.41, 5.74) is 7.80. The Labute approximate surface area is 193 Å². The third-order valence-electron chi connectivity index (χ3n) is 5.70. The highest BCUT2D eigenvalue weighted by Gasteiger charge is 2.47. The van der Waals surface area contributed by atoms with Crippen molar-refractivity contribution in [2.75, 3.05) is 23.9 Å². The van der Waals surface area contributed by atoms with E-state index in [1.165, 1.54) is 10.9 Å². The molecule has 4 aromatic rings. The number of ether oxygens (including phenoxy) is 1. The van der Waals surface area contributed by atoms with Crippen molar-refractivity contribution < 1.29 is 24.6 Å². The van der Waals surface area contributed by atoms with Crippen LogP contribution in [-0.4, -0.2) is 70.5 Å². The maximum atomic E-state index is 10.7. The van der Waals surface area contributed by atoms with Gasteiger partial charge in [-0.15, -0.1) is 0 Å². The van der Waals surface area contributed by atoms with E-state index in [9.17, 15) is 15.3 Å². The zero-order valence-corrected chi connectivity index (χ0v) is 18.3. The average Bonchev–Trinajstić information content (AvgIpc) is 3.53. The number of imidazole rings is 1. The number of nitrogen functional groups attached to an aromatic ring is 1. The van der Waals surface area contributed by atoms with E-state index in [1.54, 1.807) is 11.8 Å². The first kappa shape index (κ1) is 22.2. The Morgan fingerprint density at radius 2 is 1.91 bits per heavy atom. The first-order chi connectivity index (χ1) is 16.5. The van der Waals surface area contributed by atoms with Gasteiger partial charge in [0, 0.05) is 6.54 Å². The van der Waals surface area contributed by atoms with Gasteiger partial charge in [0.1, 0.15) is 24.5 Å². The van der Waals surface area contributed by atoms with E-state index < -0.39 is 24.5 Å². The first-order valence-corrected chi connectivity index (χ1v) is 10.7. The second-order valence-electron chi connectivity index (χ2n) is 7.98. The number of benzene rings is 1. The first-order valence-electron chi connectivity index (χ1n) is 10.7. The third kappa shape index (κ3) is 3.94. The fourth-order valence-corrected chi connectivity index (χ4v) is 3.92.